The van der Waals surface area contributed by atoms with Crippen molar-refractivity contribution in [2.24, 2.45) is 0 Å². The van der Waals surface area contributed by atoms with E-state index in [9.17, 15) is 9.18 Å². The molecule has 0 atom stereocenters. The standard InChI is InChI=1S/C18H14FN5OS/c1-10-3-8-14-15(9-10)26-18(21-14)22-17(25)16-20-11(2)24(23-16)13-6-4-12(19)5-7-13/h3-9H,1-2H3,(H,21,22,25). The fraction of sp³-hybridized carbons (Fsp3) is 0.111. The number of thiazole rings is 1. The molecule has 4 rings (SSSR count). The number of carbonyl (C=O) groups is 1. The predicted octanol–water partition coefficient (Wildman–Crippen LogP) is 3.89. The first-order chi connectivity index (χ1) is 12.5. The van der Waals surface area contributed by atoms with Crippen molar-refractivity contribution >= 4 is 32.6 Å². The number of rotatable bonds is 3. The third kappa shape index (κ3) is 3.06. The van der Waals surface area contributed by atoms with Gasteiger partial charge in [0.2, 0.25) is 5.82 Å². The van der Waals surface area contributed by atoms with E-state index in [0.29, 0.717) is 16.6 Å². The molecule has 0 unspecified atom stereocenters. The second-order valence-electron chi connectivity index (χ2n) is 5.82. The third-order valence-electron chi connectivity index (χ3n) is 3.81. The Hall–Kier alpha value is -3.13. The van der Waals surface area contributed by atoms with Crippen LogP contribution < -0.4 is 5.32 Å². The molecule has 130 valence electrons. The highest BCUT2D eigenvalue weighted by Crippen LogP contribution is 2.26. The van der Waals surface area contributed by atoms with Crippen LogP contribution >= 0.6 is 11.3 Å². The molecule has 0 aliphatic rings. The van der Waals surface area contributed by atoms with Crippen molar-refractivity contribution in [2.75, 3.05) is 5.32 Å². The Kier molecular flexibility index (Phi) is 3.96. The minimum Gasteiger partial charge on any atom is -0.295 e. The smallest absolute Gasteiger partial charge is 0.295 e. The van der Waals surface area contributed by atoms with Gasteiger partial charge in [0, 0.05) is 0 Å². The Morgan fingerprint density at radius 2 is 1.88 bits per heavy atom. The summed E-state index contributed by atoms with van der Waals surface area (Å²) in [5.74, 6) is -0.218. The number of aryl methyl sites for hydroxylation is 2. The zero-order valence-corrected chi connectivity index (χ0v) is 14.8. The summed E-state index contributed by atoms with van der Waals surface area (Å²) in [6, 6.07) is 11.7. The molecule has 0 aliphatic carbocycles. The van der Waals surface area contributed by atoms with Gasteiger partial charge >= 0.3 is 0 Å². The topological polar surface area (TPSA) is 72.7 Å². The monoisotopic (exact) mass is 367 g/mol. The highest BCUT2D eigenvalue weighted by atomic mass is 32.1. The third-order valence-corrected chi connectivity index (χ3v) is 4.74. The van der Waals surface area contributed by atoms with Gasteiger partial charge in [0.05, 0.1) is 15.9 Å². The quantitative estimate of drug-likeness (QED) is 0.596. The first-order valence-corrected chi connectivity index (χ1v) is 8.69. The maximum absolute atomic E-state index is 13.1. The molecular formula is C18H14FN5OS. The van der Waals surface area contributed by atoms with E-state index in [0.717, 1.165) is 15.8 Å². The normalized spacial score (nSPS) is 11.0. The summed E-state index contributed by atoms with van der Waals surface area (Å²) < 4.78 is 15.6. The van der Waals surface area contributed by atoms with Gasteiger partial charge in [-0.3, -0.25) is 10.1 Å². The number of nitrogens with one attached hydrogen (secondary N) is 1. The average Bonchev–Trinajstić information content (AvgIpc) is 3.18. The summed E-state index contributed by atoms with van der Waals surface area (Å²) in [6.07, 6.45) is 0. The van der Waals surface area contributed by atoms with Crippen LogP contribution in [0.3, 0.4) is 0 Å². The van der Waals surface area contributed by atoms with Gasteiger partial charge in [-0.05, 0) is 55.8 Å². The van der Waals surface area contributed by atoms with Crippen LogP contribution in [0.2, 0.25) is 0 Å². The lowest BCUT2D eigenvalue weighted by Gasteiger charge is -2.01. The van der Waals surface area contributed by atoms with Gasteiger partial charge in [-0.15, -0.1) is 5.10 Å². The summed E-state index contributed by atoms with van der Waals surface area (Å²) in [5, 5.41) is 7.45. The number of halogens is 1. The first-order valence-electron chi connectivity index (χ1n) is 7.88. The van der Waals surface area contributed by atoms with E-state index in [1.807, 2.05) is 25.1 Å². The average molecular weight is 367 g/mol. The van der Waals surface area contributed by atoms with Crippen molar-refractivity contribution in [1.29, 1.82) is 0 Å². The van der Waals surface area contributed by atoms with Crippen LogP contribution in [0.5, 0.6) is 0 Å². The summed E-state index contributed by atoms with van der Waals surface area (Å²) >= 11 is 1.40. The molecule has 0 fully saturated rings. The summed E-state index contributed by atoms with van der Waals surface area (Å²) in [6.45, 7) is 3.74. The van der Waals surface area contributed by atoms with E-state index >= 15 is 0 Å². The lowest BCUT2D eigenvalue weighted by molar-refractivity contribution is 0.101. The Morgan fingerprint density at radius 1 is 1.12 bits per heavy atom. The van der Waals surface area contributed by atoms with Gasteiger partial charge < -0.3 is 0 Å². The number of benzene rings is 2. The molecule has 0 bridgehead atoms. The van der Waals surface area contributed by atoms with Gasteiger partial charge in [0.1, 0.15) is 11.6 Å². The van der Waals surface area contributed by atoms with Gasteiger partial charge in [-0.1, -0.05) is 17.4 Å². The largest absolute Gasteiger partial charge is 0.297 e. The van der Waals surface area contributed by atoms with E-state index in [1.165, 1.54) is 28.2 Å². The Balaban J connectivity index is 1.59. The molecule has 1 N–H and O–H groups in total. The SMILES string of the molecule is Cc1ccc2nc(NC(=O)c3nc(C)n(-c4ccc(F)cc4)n3)sc2c1. The van der Waals surface area contributed by atoms with E-state index in [-0.39, 0.29) is 11.6 Å². The molecule has 2 aromatic heterocycles. The van der Waals surface area contributed by atoms with Crippen LogP contribution in [0.25, 0.3) is 15.9 Å². The van der Waals surface area contributed by atoms with Crippen molar-refractivity contribution in [3.8, 4) is 5.69 Å². The molecule has 1 amide bonds. The zero-order valence-electron chi connectivity index (χ0n) is 14.0. The fourth-order valence-corrected chi connectivity index (χ4v) is 3.51. The number of hydrogen-bond acceptors (Lipinski definition) is 5. The lowest BCUT2D eigenvalue weighted by Crippen LogP contribution is -2.14. The maximum Gasteiger partial charge on any atom is 0.297 e. The van der Waals surface area contributed by atoms with Gasteiger partial charge in [-0.2, -0.15) is 0 Å². The molecule has 2 aromatic carbocycles. The van der Waals surface area contributed by atoms with Gasteiger partial charge in [-0.25, -0.2) is 19.0 Å². The van der Waals surface area contributed by atoms with E-state index in [2.05, 4.69) is 20.4 Å². The Labute approximate surface area is 152 Å². The molecule has 0 aliphatic heterocycles. The van der Waals surface area contributed by atoms with Crippen molar-refractivity contribution in [3.63, 3.8) is 0 Å². The fourth-order valence-electron chi connectivity index (χ4n) is 2.55. The number of anilines is 1. The van der Waals surface area contributed by atoms with Crippen LogP contribution in [-0.4, -0.2) is 25.7 Å². The molecule has 0 saturated carbocycles. The number of fused-ring (bicyclic) bond motifs is 1. The van der Waals surface area contributed by atoms with Crippen LogP contribution in [0.15, 0.2) is 42.5 Å². The molecule has 0 radical (unpaired) electrons. The van der Waals surface area contributed by atoms with Crippen LogP contribution in [-0.2, 0) is 0 Å². The Morgan fingerprint density at radius 3 is 2.65 bits per heavy atom. The van der Waals surface area contributed by atoms with Crippen LogP contribution in [0.1, 0.15) is 22.0 Å². The molecule has 8 heteroatoms. The molecular weight excluding hydrogens is 353 g/mol. The molecule has 0 saturated heterocycles. The maximum atomic E-state index is 13.1. The minimum absolute atomic E-state index is 0.0299. The first kappa shape index (κ1) is 16.3. The highest BCUT2D eigenvalue weighted by Gasteiger charge is 2.17. The van der Waals surface area contributed by atoms with Gasteiger partial charge in [0.25, 0.3) is 5.91 Å². The summed E-state index contributed by atoms with van der Waals surface area (Å²) in [7, 11) is 0. The molecule has 0 spiro atoms. The predicted molar refractivity (Wildman–Crippen MR) is 98.4 cm³/mol. The van der Waals surface area contributed by atoms with Crippen LogP contribution in [0, 0.1) is 19.7 Å². The number of aromatic nitrogens is 4. The second kappa shape index (κ2) is 6.30. The zero-order chi connectivity index (χ0) is 18.3. The Bertz CT molecular complexity index is 1120. The van der Waals surface area contributed by atoms with Crippen molar-refractivity contribution in [1.82, 2.24) is 19.7 Å². The van der Waals surface area contributed by atoms with E-state index < -0.39 is 5.91 Å². The minimum atomic E-state index is -0.440. The summed E-state index contributed by atoms with van der Waals surface area (Å²) in [5.41, 5.74) is 2.59. The van der Waals surface area contributed by atoms with Gasteiger partial charge in [0.15, 0.2) is 5.13 Å². The molecule has 2 heterocycles. The van der Waals surface area contributed by atoms with E-state index in [1.54, 1.807) is 19.1 Å². The highest BCUT2D eigenvalue weighted by molar-refractivity contribution is 7.22. The number of hydrogen-bond donors (Lipinski definition) is 1. The van der Waals surface area contributed by atoms with Crippen LogP contribution in [0.4, 0.5) is 9.52 Å². The lowest BCUT2D eigenvalue weighted by atomic mass is 10.2. The number of carbonyl (C=O) groups excluding carboxylic acids is 1. The van der Waals surface area contributed by atoms with E-state index in [4.69, 9.17) is 0 Å². The molecule has 4 aromatic rings. The number of nitrogens with zero attached hydrogens (tertiary/aromatic N) is 4. The number of amides is 1. The molecule has 26 heavy (non-hydrogen) atoms. The second-order valence-corrected chi connectivity index (χ2v) is 6.85. The van der Waals surface area contributed by atoms with Crippen molar-refractivity contribution in [2.45, 2.75) is 13.8 Å². The van der Waals surface area contributed by atoms with Crippen molar-refractivity contribution in [3.05, 3.63) is 65.5 Å². The summed E-state index contributed by atoms with van der Waals surface area (Å²) in [4.78, 5) is 21.1. The molecule has 6 nitrogen and oxygen atoms in total. The van der Waals surface area contributed by atoms with Crippen molar-refractivity contribution < 1.29 is 9.18 Å².